The summed E-state index contributed by atoms with van der Waals surface area (Å²) in [5.74, 6) is 0.100. The molecular weight excluding hydrogens is 442 g/mol. The Morgan fingerprint density at radius 3 is 2.29 bits per heavy atom. The van der Waals surface area contributed by atoms with Crippen molar-refractivity contribution in [2.75, 3.05) is 7.11 Å². The van der Waals surface area contributed by atoms with Crippen LogP contribution in [0.5, 0.6) is 11.5 Å². The Morgan fingerprint density at radius 1 is 0.971 bits per heavy atom. The number of ether oxygens (including phenoxy) is 2. The Morgan fingerprint density at radius 2 is 1.63 bits per heavy atom. The molecule has 2 aromatic rings. The lowest BCUT2D eigenvalue weighted by Gasteiger charge is -2.37. The van der Waals surface area contributed by atoms with E-state index in [9.17, 15) is 14.7 Å². The fraction of sp³-hybridized carbons (Fsp3) is 0.379. The zero-order valence-electron chi connectivity index (χ0n) is 20.2. The smallest absolute Gasteiger partial charge is 0.337 e. The van der Waals surface area contributed by atoms with Crippen molar-refractivity contribution >= 4 is 11.8 Å². The molecule has 0 saturated heterocycles. The molecule has 1 aliphatic heterocycles. The van der Waals surface area contributed by atoms with Gasteiger partial charge in [0, 0.05) is 29.3 Å². The summed E-state index contributed by atoms with van der Waals surface area (Å²) in [6.45, 7) is 1.88. The molecule has 0 aromatic heterocycles. The molecule has 0 spiro atoms. The van der Waals surface area contributed by atoms with Gasteiger partial charge in [-0.25, -0.2) is 4.79 Å². The molecule has 0 radical (unpaired) electrons. The molecule has 6 heteroatoms. The largest absolute Gasteiger partial charge is 0.508 e. The molecule has 0 amide bonds. The highest BCUT2D eigenvalue weighted by Gasteiger charge is 2.42. The third kappa shape index (κ3) is 4.57. The summed E-state index contributed by atoms with van der Waals surface area (Å²) in [5.41, 5.74) is 4.57. The minimum atomic E-state index is -0.523. The van der Waals surface area contributed by atoms with E-state index in [1.54, 1.807) is 31.4 Å². The van der Waals surface area contributed by atoms with Crippen LogP contribution in [0.2, 0.25) is 0 Å². The third-order valence-electron chi connectivity index (χ3n) is 7.44. The molecule has 182 valence electrons. The maximum Gasteiger partial charge on any atom is 0.337 e. The van der Waals surface area contributed by atoms with E-state index in [-0.39, 0.29) is 29.5 Å². The third-order valence-corrected chi connectivity index (χ3v) is 7.44. The van der Waals surface area contributed by atoms with Crippen LogP contribution in [0.4, 0.5) is 0 Å². The van der Waals surface area contributed by atoms with Crippen LogP contribution in [-0.2, 0) is 14.3 Å². The fourth-order valence-corrected chi connectivity index (χ4v) is 5.64. The first-order valence-corrected chi connectivity index (χ1v) is 12.3. The second-order valence-corrected chi connectivity index (χ2v) is 9.69. The molecule has 2 atom stereocenters. The van der Waals surface area contributed by atoms with Crippen molar-refractivity contribution in [1.82, 2.24) is 5.32 Å². The molecule has 2 N–H and O–H groups in total. The van der Waals surface area contributed by atoms with E-state index in [1.165, 1.54) is 0 Å². The van der Waals surface area contributed by atoms with E-state index in [1.807, 2.05) is 31.2 Å². The molecule has 3 aliphatic rings. The number of allylic oxidation sites excluding steroid dienone is 3. The molecule has 6 nitrogen and oxygen atoms in total. The highest BCUT2D eigenvalue weighted by Crippen LogP contribution is 2.46. The number of rotatable bonds is 5. The number of hydrogen-bond donors (Lipinski definition) is 2. The summed E-state index contributed by atoms with van der Waals surface area (Å²) in [7, 11) is 1.63. The van der Waals surface area contributed by atoms with Gasteiger partial charge in [0.25, 0.3) is 0 Å². The van der Waals surface area contributed by atoms with Gasteiger partial charge in [-0.15, -0.1) is 0 Å². The molecule has 35 heavy (non-hydrogen) atoms. The summed E-state index contributed by atoms with van der Waals surface area (Å²) in [6.07, 6.45) is 4.86. The highest BCUT2D eigenvalue weighted by atomic mass is 16.5. The summed E-state index contributed by atoms with van der Waals surface area (Å²) >= 11 is 0. The minimum absolute atomic E-state index is 0.0244. The summed E-state index contributed by atoms with van der Waals surface area (Å²) in [6, 6.07) is 14.6. The Bertz CT molecular complexity index is 1190. The Balaban J connectivity index is 1.51. The first kappa shape index (κ1) is 23.2. The number of aromatic hydroxyl groups is 1. The molecule has 0 bridgehead atoms. The number of carbonyl (C=O) groups excluding carboxylic acids is 2. The summed E-state index contributed by atoms with van der Waals surface area (Å²) in [5, 5.41) is 13.3. The highest BCUT2D eigenvalue weighted by molar-refractivity contribution is 6.04. The number of carbonyl (C=O) groups is 2. The normalized spacial score (nSPS) is 22.6. The predicted molar refractivity (Wildman–Crippen MR) is 132 cm³/mol. The van der Waals surface area contributed by atoms with Crippen LogP contribution in [-0.4, -0.2) is 30.1 Å². The van der Waals surface area contributed by atoms with Gasteiger partial charge in [-0.1, -0.05) is 24.3 Å². The quantitative estimate of drug-likeness (QED) is 0.577. The topological polar surface area (TPSA) is 84.9 Å². The number of phenols is 1. The lowest BCUT2D eigenvalue weighted by molar-refractivity contribution is -0.144. The molecule has 1 saturated carbocycles. The second-order valence-electron chi connectivity index (χ2n) is 9.69. The summed E-state index contributed by atoms with van der Waals surface area (Å²) < 4.78 is 11.2. The number of phenolic OH excluding ortho intramolecular Hbond substituents is 1. The van der Waals surface area contributed by atoms with E-state index in [4.69, 9.17) is 9.47 Å². The molecule has 1 fully saturated rings. The fourth-order valence-electron chi connectivity index (χ4n) is 5.64. The molecule has 1 heterocycles. The average Bonchev–Trinajstić information content (AvgIpc) is 3.36. The number of methoxy groups -OCH3 is 1. The van der Waals surface area contributed by atoms with Gasteiger partial charge in [0.15, 0.2) is 5.78 Å². The Kier molecular flexibility index (Phi) is 6.37. The number of hydrogen-bond acceptors (Lipinski definition) is 6. The van der Waals surface area contributed by atoms with Crippen molar-refractivity contribution in [3.8, 4) is 11.5 Å². The van der Waals surface area contributed by atoms with Gasteiger partial charge in [-0.05, 0) is 80.3 Å². The van der Waals surface area contributed by atoms with Gasteiger partial charge in [0.05, 0.1) is 12.7 Å². The standard InChI is InChI=1S/C29H31NO5/c1-17-26(29(33)35-23-5-3-4-6-23)27(19-7-11-21(31)12-8-19)28-24(30-17)15-20(16-25(28)32)18-9-13-22(34-2)14-10-18/h7-14,20,23,27,30-31H,3-6,15-16H2,1-2H3/t20-,27+/m0/s1. The molecule has 2 aromatic carbocycles. The van der Waals surface area contributed by atoms with Gasteiger partial charge in [-0.2, -0.15) is 0 Å². The van der Waals surface area contributed by atoms with Gasteiger partial charge in [-0.3, -0.25) is 4.79 Å². The van der Waals surface area contributed by atoms with Crippen LogP contribution in [0.25, 0.3) is 0 Å². The number of benzene rings is 2. The molecular formula is C29H31NO5. The van der Waals surface area contributed by atoms with Crippen LogP contribution in [0.15, 0.2) is 71.1 Å². The zero-order valence-corrected chi connectivity index (χ0v) is 20.2. The molecule has 5 rings (SSSR count). The van der Waals surface area contributed by atoms with Crippen molar-refractivity contribution in [3.63, 3.8) is 0 Å². The maximum absolute atomic E-state index is 13.7. The zero-order chi connectivity index (χ0) is 24.5. The minimum Gasteiger partial charge on any atom is -0.508 e. The van der Waals surface area contributed by atoms with E-state index < -0.39 is 5.92 Å². The van der Waals surface area contributed by atoms with Gasteiger partial charge in [0.1, 0.15) is 17.6 Å². The predicted octanol–water partition coefficient (Wildman–Crippen LogP) is 5.25. The SMILES string of the molecule is COc1ccc([C@@H]2CC(=O)C3=C(C2)NC(C)=C(C(=O)OC2CCCC2)[C@H]3c2ccc(O)cc2)cc1. The van der Waals surface area contributed by atoms with Crippen LogP contribution in [0.1, 0.15) is 68.4 Å². The van der Waals surface area contributed by atoms with Crippen molar-refractivity contribution in [3.05, 3.63) is 82.2 Å². The Labute approximate surface area is 205 Å². The van der Waals surface area contributed by atoms with E-state index in [0.717, 1.165) is 48.3 Å². The number of ketones is 1. The molecule has 2 aliphatic carbocycles. The number of dihydropyridines is 1. The Hall–Kier alpha value is -3.54. The van der Waals surface area contributed by atoms with Gasteiger partial charge in [0.2, 0.25) is 0 Å². The van der Waals surface area contributed by atoms with Crippen LogP contribution < -0.4 is 10.1 Å². The van der Waals surface area contributed by atoms with Crippen molar-refractivity contribution in [2.45, 2.75) is 63.4 Å². The van der Waals surface area contributed by atoms with Crippen LogP contribution in [0, 0.1) is 0 Å². The number of Topliss-reactive ketones (excluding diaryl/α,β-unsaturated/α-hetero) is 1. The number of nitrogens with one attached hydrogen (secondary N) is 1. The lowest BCUT2D eigenvalue weighted by Crippen LogP contribution is -2.36. The van der Waals surface area contributed by atoms with Crippen LogP contribution in [0.3, 0.4) is 0 Å². The van der Waals surface area contributed by atoms with Gasteiger partial charge < -0.3 is 19.9 Å². The van der Waals surface area contributed by atoms with Crippen molar-refractivity contribution < 1.29 is 24.2 Å². The average molecular weight is 474 g/mol. The summed E-state index contributed by atoms with van der Waals surface area (Å²) in [4.78, 5) is 27.1. The van der Waals surface area contributed by atoms with Crippen molar-refractivity contribution in [2.24, 2.45) is 0 Å². The monoisotopic (exact) mass is 473 g/mol. The van der Waals surface area contributed by atoms with Gasteiger partial charge >= 0.3 is 5.97 Å². The van der Waals surface area contributed by atoms with E-state index in [0.29, 0.717) is 29.7 Å². The molecule has 0 unspecified atom stereocenters. The van der Waals surface area contributed by atoms with Crippen molar-refractivity contribution in [1.29, 1.82) is 0 Å². The maximum atomic E-state index is 13.7. The van der Waals surface area contributed by atoms with E-state index >= 15 is 0 Å². The second kappa shape index (κ2) is 9.61. The van der Waals surface area contributed by atoms with E-state index in [2.05, 4.69) is 5.32 Å². The first-order chi connectivity index (χ1) is 16.9. The van der Waals surface area contributed by atoms with Crippen LogP contribution >= 0.6 is 0 Å². The first-order valence-electron chi connectivity index (χ1n) is 12.3. The number of esters is 1. The lowest BCUT2D eigenvalue weighted by atomic mass is 9.71.